The number of hydrogen-bond donors (Lipinski definition) is 0. The number of halogens is 1. The first-order valence-corrected chi connectivity index (χ1v) is 5.82. The van der Waals surface area contributed by atoms with E-state index in [9.17, 15) is 8.42 Å². The summed E-state index contributed by atoms with van der Waals surface area (Å²) in [6, 6.07) is 2.89. The van der Waals surface area contributed by atoms with Crippen molar-refractivity contribution in [2.45, 2.75) is 4.90 Å². The van der Waals surface area contributed by atoms with Crippen LogP contribution in [-0.2, 0) is 10.0 Å². The summed E-state index contributed by atoms with van der Waals surface area (Å²) in [7, 11) is -2.25. The largest absolute Gasteiger partial charge is 0.246 e. The van der Waals surface area contributed by atoms with Gasteiger partial charge in [-0.05, 0) is 12.1 Å². The quantitative estimate of drug-likeness (QED) is 0.589. The Morgan fingerprint density at radius 2 is 2.33 bits per heavy atom. The van der Waals surface area contributed by atoms with Crippen molar-refractivity contribution < 1.29 is 8.42 Å². The summed E-state index contributed by atoms with van der Waals surface area (Å²) in [6.45, 7) is -0.00639. The summed E-state index contributed by atoms with van der Waals surface area (Å²) in [5.41, 5.74) is 0. The van der Waals surface area contributed by atoms with Gasteiger partial charge in [0, 0.05) is 13.2 Å². The summed E-state index contributed by atoms with van der Waals surface area (Å²) < 4.78 is 24.7. The minimum atomic E-state index is -3.64. The van der Waals surface area contributed by atoms with Crippen LogP contribution >= 0.6 is 11.6 Å². The third kappa shape index (κ3) is 2.48. The first-order valence-electron chi connectivity index (χ1n) is 4.00. The second kappa shape index (κ2) is 4.62. The Bertz CT molecular complexity index is 493. The first kappa shape index (κ1) is 12.0. The molecule has 0 amide bonds. The second-order valence-corrected chi connectivity index (χ2v) is 5.13. The molecule has 0 unspecified atom stereocenters. The summed E-state index contributed by atoms with van der Waals surface area (Å²) in [4.78, 5) is 3.66. The standard InChI is InChI=1S/C9H9ClN2O2S/c1-3-7-12(2)15(13,14)8-5-4-6-11-9(8)10/h1,4-6H,7H2,2H3. The van der Waals surface area contributed by atoms with Gasteiger partial charge < -0.3 is 0 Å². The highest BCUT2D eigenvalue weighted by atomic mass is 35.5. The Balaban J connectivity index is 3.19. The highest BCUT2D eigenvalue weighted by Gasteiger charge is 2.22. The Morgan fingerprint density at radius 3 is 2.87 bits per heavy atom. The molecule has 0 radical (unpaired) electrons. The SMILES string of the molecule is C#CCN(C)S(=O)(=O)c1cccnc1Cl. The van der Waals surface area contributed by atoms with Gasteiger partial charge in [-0.1, -0.05) is 17.5 Å². The van der Waals surface area contributed by atoms with Crippen LogP contribution in [0.25, 0.3) is 0 Å². The van der Waals surface area contributed by atoms with E-state index in [-0.39, 0.29) is 16.6 Å². The molecule has 0 aliphatic rings. The van der Waals surface area contributed by atoms with E-state index in [4.69, 9.17) is 18.0 Å². The minimum absolute atomic E-state index is 0.00639. The molecule has 1 rings (SSSR count). The highest BCUT2D eigenvalue weighted by molar-refractivity contribution is 7.89. The van der Waals surface area contributed by atoms with E-state index in [1.807, 2.05) is 0 Å². The molecule has 0 spiro atoms. The number of rotatable bonds is 3. The number of aromatic nitrogens is 1. The third-order valence-corrected chi connectivity index (χ3v) is 3.98. The van der Waals surface area contributed by atoms with Crippen molar-refractivity contribution in [1.82, 2.24) is 9.29 Å². The van der Waals surface area contributed by atoms with Crippen LogP contribution in [0, 0.1) is 12.3 Å². The van der Waals surface area contributed by atoms with Crippen molar-refractivity contribution in [3.8, 4) is 12.3 Å². The van der Waals surface area contributed by atoms with E-state index in [1.54, 1.807) is 0 Å². The summed E-state index contributed by atoms with van der Waals surface area (Å²) in [6.07, 6.45) is 6.46. The van der Waals surface area contributed by atoms with Gasteiger partial charge in [0.1, 0.15) is 10.0 Å². The van der Waals surface area contributed by atoms with Gasteiger partial charge in [-0.15, -0.1) is 6.42 Å². The van der Waals surface area contributed by atoms with Gasteiger partial charge in [0.05, 0.1) is 6.54 Å². The molecule has 1 heterocycles. The van der Waals surface area contributed by atoms with Gasteiger partial charge in [0.25, 0.3) is 0 Å². The summed E-state index contributed by atoms with van der Waals surface area (Å²) >= 11 is 5.68. The first-order chi connectivity index (χ1) is 7.00. The average molecular weight is 245 g/mol. The molecule has 0 aliphatic heterocycles. The van der Waals surface area contributed by atoms with Crippen LogP contribution in [0.1, 0.15) is 0 Å². The van der Waals surface area contributed by atoms with Gasteiger partial charge in [-0.3, -0.25) is 0 Å². The molecule has 6 heteroatoms. The predicted octanol–water partition coefficient (Wildman–Crippen LogP) is 0.989. The van der Waals surface area contributed by atoms with Gasteiger partial charge in [-0.25, -0.2) is 13.4 Å². The van der Waals surface area contributed by atoms with Crippen molar-refractivity contribution in [3.63, 3.8) is 0 Å². The smallest absolute Gasteiger partial charge is 0.243 e. The highest BCUT2D eigenvalue weighted by Crippen LogP contribution is 2.20. The topological polar surface area (TPSA) is 50.3 Å². The molecular weight excluding hydrogens is 236 g/mol. The monoisotopic (exact) mass is 244 g/mol. The Morgan fingerprint density at radius 1 is 1.67 bits per heavy atom. The van der Waals surface area contributed by atoms with Crippen LogP contribution < -0.4 is 0 Å². The number of terminal acetylenes is 1. The van der Waals surface area contributed by atoms with Crippen LogP contribution in [0.15, 0.2) is 23.2 Å². The van der Waals surface area contributed by atoms with E-state index in [1.165, 1.54) is 25.4 Å². The zero-order chi connectivity index (χ0) is 11.5. The van der Waals surface area contributed by atoms with E-state index >= 15 is 0 Å². The molecule has 1 aromatic heterocycles. The molecule has 0 atom stereocenters. The zero-order valence-corrected chi connectivity index (χ0v) is 9.59. The molecule has 80 valence electrons. The van der Waals surface area contributed by atoms with Crippen LogP contribution in [0.2, 0.25) is 5.15 Å². The number of hydrogen-bond acceptors (Lipinski definition) is 3. The van der Waals surface area contributed by atoms with Crippen LogP contribution in [0.3, 0.4) is 0 Å². The molecule has 4 nitrogen and oxygen atoms in total. The van der Waals surface area contributed by atoms with Crippen LogP contribution in [0.4, 0.5) is 0 Å². The fourth-order valence-corrected chi connectivity index (χ4v) is 2.45. The molecule has 1 aromatic rings. The molecule has 0 saturated carbocycles. The van der Waals surface area contributed by atoms with E-state index in [2.05, 4.69) is 10.9 Å². The molecular formula is C9H9ClN2O2S. The Kier molecular flexibility index (Phi) is 3.69. The lowest BCUT2D eigenvalue weighted by Gasteiger charge is -2.14. The van der Waals surface area contributed by atoms with E-state index in [0.717, 1.165) is 4.31 Å². The summed E-state index contributed by atoms with van der Waals surface area (Å²) in [5.74, 6) is 2.25. The molecule has 15 heavy (non-hydrogen) atoms. The fraction of sp³-hybridized carbons (Fsp3) is 0.222. The zero-order valence-electron chi connectivity index (χ0n) is 8.01. The van der Waals surface area contributed by atoms with Gasteiger partial charge in [0.15, 0.2) is 0 Å². The van der Waals surface area contributed by atoms with Crippen molar-refractivity contribution in [2.24, 2.45) is 0 Å². The molecule has 0 saturated heterocycles. The van der Waals surface area contributed by atoms with Crippen molar-refractivity contribution in [1.29, 1.82) is 0 Å². The minimum Gasteiger partial charge on any atom is -0.243 e. The fourth-order valence-electron chi connectivity index (χ4n) is 0.945. The Hall–Kier alpha value is -1.09. The molecule has 0 aromatic carbocycles. The second-order valence-electron chi connectivity index (χ2n) is 2.76. The number of sulfonamides is 1. The lowest BCUT2D eigenvalue weighted by molar-refractivity contribution is 0.502. The number of pyridine rings is 1. The van der Waals surface area contributed by atoms with E-state index in [0.29, 0.717) is 0 Å². The van der Waals surface area contributed by atoms with Gasteiger partial charge in [0.2, 0.25) is 10.0 Å². The lowest BCUT2D eigenvalue weighted by atomic mass is 10.5. The normalized spacial score (nSPS) is 11.3. The maximum absolute atomic E-state index is 11.8. The average Bonchev–Trinajstić information content (AvgIpc) is 2.18. The molecule has 0 fully saturated rings. The molecule has 0 aliphatic carbocycles. The molecule has 0 bridgehead atoms. The van der Waals surface area contributed by atoms with Crippen molar-refractivity contribution in [2.75, 3.05) is 13.6 Å². The maximum atomic E-state index is 11.8. The van der Waals surface area contributed by atoms with Gasteiger partial charge >= 0.3 is 0 Å². The van der Waals surface area contributed by atoms with Crippen LogP contribution in [0.5, 0.6) is 0 Å². The van der Waals surface area contributed by atoms with Gasteiger partial charge in [-0.2, -0.15) is 4.31 Å². The summed E-state index contributed by atoms with van der Waals surface area (Å²) in [5, 5.41) is -0.0543. The number of nitrogens with zero attached hydrogens (tertiary/aromatic N) is 2. The van der Waals surface area contributed by atoms with E-state index < -0.39 is 10.0 Å². The Labute approximate surface area is 93.9 Å². The molecule has 0 N–H and O–H groups in total. The maximum Gasteiger partial charge on any atom is 0.246 e. The van der Waals surface area contributed by atoms with Crippen molar-refractivity contribution in [3.05, 3.63) is 23.5 Å². The predicted molar refractivity (Wildman–Crippen MR) is 57.9 cm³/mol. The van der Waals surface area contributed by atoms with Crippen LogP contribution in [-0.4, -0.2) is 31.3 Å². The lowest BCUT2D eigenvalue weighted by Crippen LogP contribution is -2.27. The van der Waals surface area contributed by atoms with Crippen molar-refractivity contribution >= 4 is 21.6 Å². The third-order valence-electron chi connectivity index (χ3n) is 1.73.